The summed E-state index contributed by atoms with van der Waals surface area (Å²) in [6.07, 6.45) is 0. The van der Waals surface area contributed by atoms with E-state index in [1.807, 2.05) is 24.3 Å². The van der Waals surface area contributed by atoms with Crippen LogP contribution in [0.5, 0.6) is 0 Å². The van der Waals surface area contributed by atoms with Gasteiger partial charge in [-0.15, -0.1) is 0 Å². The van der Waals surface area contributed by atoms with Gasteiger partial charge in [-0.25, -0.2) is 9.59 Å². The lowest BCUT2D eigenvalue weighted by Crippen LogP contribution is -2.22. The molecule has 0 bridgehead atoms. The number of benzene rings is 2. The van der Waals surface area contributed by atoms with Gasteiger partial charge < -0.3 is 20.3 Å². The highest BCUT2D eigenvalue weighted by Crippen LogP contribution is 2.18. The van der Waals surface area contributed by atoms with E-state index in [0.29, 0.717) is 16.9 Å². The molecule has 0 saturated carbocycles. The highest BCUT2D eigenvalue weighted by atomic mass is 16.5. The zero-order chi connectivity index (χ0) is 18.2. The Morgan fingerprint density at radius 1 is 0.880 bits per heavy atom. The first-order chi connectivity index (χ1) is 12.1. The minimum absolute atomic E-state index is 0.346. The van der Waals surface area contributed by atoms with Crippen molar-refractivity contribution >= 4 is 29.1 Å². The Morgan fingerprint density at radius 3 is 1.80 bits per heavy atom. The van der Waals surface area contributed by atoms with Gasteiger partial charge in [0.15, 0.2) is 0 Å². The number of nitrogens with zero attached hydrogens (tertiary/aromatic N) is 1. The first kappa shape index (κ1) is 18.3. The van der Waals surface area contributed by atoms with Gasteiger partial charge in [-0.05, 0) is 62.4 Å². The standard InChI is InChI=1S/C19H23N3O3/c1-4-22(5-2)17-12-10-16(11-13-17)21-19(24)20-15-8-6-14(7-9-15)18(23)25-3/h6-13H,4-5H2,1-3H3,(H2,20,21,24). The average Bonchev–Trinajstić information content (AvgIpc) is 2.64. The quantitative estimate of drug-likeness (QED) is 0.780. The topological polar surface area (TPSA) is 70.7 Å². The number of hydrogen-bond donors (Lipinski definition) is 2. The van der Waals surface area contributed by atoms with Crippen LogP contribution in [0.2, 0.25) is 0 Å². The van der Waals surface area contributed by atoms with Gasteiger partial charge in [0.05, 0.1) is 12.7 Å². The molecule has 2 N–H and O–H groups in total. The number of carbonyl (C=O) groups excluding carboxylic acids is 2. The van der Waals surface area contributed by atoms with Crippen molar-refractivity contribution < 1.29 is 14.3 Å². The van der Waals surface area contributed by atoms with E-state index >= 15 is 0 Å². The number of rotatable bonds is 6. The van der Waals surface area contributed by atoms with E-state index in [2.05, 4.69) is 34.1 Å². The van der Waals surface area contributed by atoms with Gasteiger partial charge >= 0.3 is 12.0 Å². The molecule has 0 aliphatic heterocycles. The molecule has 2 aromatic rings. The van der Waals surface area contributed by atoms with E-state index in [1.54, 1.807) is 24.3 Å². The second-order valence-corrected chi connectivity index (χ2v) is 5.37. The van der Waals surface area contributed by atoms with Crippen LogP contribution in [0.25, 0.3) is 0 Å². The smallest absolute Gasteiger partial charge is 0.337 e. The molecule has 0 aliphatic carbocycles. The Bertz CT molecular complexity index is 708. The van der Waals surface area contributed by atoms with Crippen LogP contribution in [0.3, 0.4) is 0 Å². The predicted octanol–water partition coefficient (Wildman–Crippen LogP) is 3.96. The summed E-state index contributed by atoms with van der Waals surface area (Å²) in [6, 6.07) is 13.8. The fourth-order valence-electron chi connectivity index (χ4n) is 2.45. The zero-order valence-corrected chi connectivity index (χ0v) is 14.7. The van der Waals surface area contributed by atoms with Gasteiger partial charge in [-0.3, -0.25) is 0 Å². The van der Waals surface area contributed by atoms with E-state index in [0.717, 1.165) is 18.8 Å². The van der Waals surface area contributed by atoms with Crippen LogP contribution in [-0.2, 0) is 4.74 Å². The van der Waals surface area contributed by atoms with Crippen LogP contribution in [0.4, 0.5) is 21.9 Å². The van der Waals surface area contributed by atoms with Gasteiger partial charge in [0.25, 0.3) is 0 Å². The molecule has 0 aromatic heterocycles. The average molecular weight is 341 g/mol. The van der Waals surface area contributed by atoms with Crippen molar-refractivity contribution in [2.75, 3.05) is 35.7 Å². The third-order valence-electron chi connectivity index (χ3n) is 3.82. The van der Waals surface area contributed by atoms with E-state index in [1.165, 1.54) is 7.11 Å². The highest BCUT2D eigenvalue weighted by molar-refractivity contribution is 6.00. The number of anilines is 3. The lowest BCUT2D eigenvalue weighted by Gasteiger charge is -2.21. The van der Waals surface area contributed by atoms with Crippen LogP contribution in [0.1, 0.15) is 24.2 Å². The Hall–Kier alpha value is -3.02. The summed E-state index contributed by atoms with van der Waals surface area (Å²) >= 11 is 0. The first-order valence-electron chi connectivity index (χ1n) is 8.18. The van der Waals surface area contributed by atoms with Crippen molar-refractivity contribution in [2.45, 2.75) is 13.8 Å². The van der Waals surface area contributed by atoms with Crippen molar-refractivity contribution in [3.05, 3.63) is 54.1 Å². The Morgan fingerprint density at radius 2 is 1.36 bits per heavy atom. The number of amides is 2. The molecule has 0 spiro atoms. The van der Waals surface area contributed by atoms with E-state index in [-0.39, 0.29) is 6.03 Å². The summed E-state index contributed by atoms with van der Waals surface area (Å²) < 4.78 is 4.64. The normalized spacial score (nSPS) is 10.0. The fourth-order valence-corrected chi connectivity index (χ4v) is 2.45. The van der Waals surface area contributed by atoms with Gasteiger partial charge in [0, 0.05) is 30.2 Å². The summed E-state index contributed by atoms with van der Waals surface area (Å²) in [6.45, 7) is 6.08. The molecule has 0 atom stereocenters. The lowest BCUT2D eigenvalue weighted by atomic mass is 10.2. The third-order valence-corrected chi connectivity index (χ3v) is 3.82. The maximum Gasteiger partial charge on any atom is 0.337 e. The van der Waals surface area contributed by atoms with Crippen molar-refractivity contribution in [1.29, 1.82) is 0 Å². The Labute approximate surface area is 147 Å². The molecule has 0 radical (unpaired) electrons. The predicted molar refractivity (Wildman–Crippen MR) is 100 cm³/mol. The second kappa shape index (κ2) is 8.73. The van der Waals surface area contributed by atoms with Crippen molar-refractivity contribution in [2.24, 2.45) is 0 Å². The van der Waals surface area contributed by atoms with Gasteiger partial charge in [-0.1, -0.05) is 0 Å². The van der Waals surface area contributed by atoms with E-state index < -0.39 is 5.97 Å². The number of carbonyl (C=O) groups is 2. The van der Waals surface area contributed by atoms with Crippen LogP contribution in [-0.4, -0.2) is 32.2 Å². The fraction of sp³-hybridized carbons (Fsp3) is 0.263. The maximum absolute atomic E-state index is 12.1. The first-order valence-corrected chi connectivity index (χ1v) is 8.18. The van der Waals surface area contributed by atoms with Crippen molar-refractivity contribution in [3.8, 4) is 0 Å². The van der Waals surface area contributed by atoms with Gasteiger partial charge in [0.1, 0.15) is 0 Å². The molecule has 0 heterocycles. The van der Waals surface area contributed by atoms with E-state index in [4.69, 9.17) is 0 Å². The summed E-state index contributed by atoms with van der Waals surface area (Å²) in [5.41, 5.74) is 2.85. The van der Waals surface area contributed by atoms with Crippen molar-refractivity contribution in [1.82, 2.24) is 0 Å². The van der Waals surface area contributed by atoms with E-state index in [9.17, 15) is 9.59 Å². The number of hydrogen-bond acceptors (Lipinski definition) is 4. The van der Waals surface area contributed by atoms with Gasteiger partial charge in [-0.2, -0.15) is 0 Å². The largest absolute Gasteiger partial charge is 0.465 e. The minimum atomic E-state index is -0.413. The molecule has 0 unspecified atom stereocenters. The summed E-state index contributed by atoms with van der Waals surface area (Å²) in [4.78, 5) is 25.7. The maximum atomic E-state index is 12.1. The molecule has 2 rings (SSSR count). The molecule has 0 fully saturated rings. The highest BCUT2D eigenvalue weighted by Gasteiger charge is 2.07. The van der Waals surface area contributed by atoms with Crippen LogP contribution in [0, 0.1) is 0 Å². The summed E-state index contributed by atoms with van der Waals surface area (Å²) in [5.74, 6) is -0.413. The molecule has 25 heavy (non-hydrogen) atoms. The molecule has 132 valence electrons. The lowest BCUT2D eigenvalue weighted by molar-refractivity contribution is 0.0601. The molecule has 0 aliphatic rings. The summed E-state index contributed by atoms with van der Waals surface area (Å²) in [7, 11) is 1.33. The monoisotopic (exact) mass is 341 g/mol. The van der Waals surface area contributed by atoms with Crippen LogP contribution >= 0.6 is 0 Å². The molecular weight excluding hydrogens is 318 g/mol. The van der Waals surface area contributed by atoms with Crippen LogP contribution < -0.4 is 15.5 Å². The number of urea groups is 1. The number of nitrogens with one attached hydrogen (secondary N) is 2. The zero-order valence-electron chi connectivity index (χ0n) is 14.7. The Balaban J connectivity index is 1.94. The number of ether oxygens (including phenoxy) is 1. The number of methoxy groups -OCH3 is 1. The SMILES string of the molecule is CCN(CC)c1ccc(NC(=O)Nc2ccc(C(=O)OC)cc2)cc1. The van der Waals surface area contributed by atoms with Crippen molar-refractivity contribution in [3.63, 3.8) is 0 Å². The molecule has 6 nitrogen and oxygen atoms in total. The Kier molecular flexibility index (Phi) is 6.39. The second-order valence-electron chi connectivity index (χ2n) is 5.37. The van der Waals surface area contributed by atoms with Crippen LogP contribution in [0.15, 0.2) is 48.5 Å². The minimum Gasteiger partial charge on any atom is -0.465 e. The molecule has 6 heteroatoms. The summed E-state index contributed by atoms with van der Waals surface area (Å²) in [5, 5.41) is 5.50. The molecule has 2 amide bonds. The molecule has 0 saturated heterocycles. The molecule has 2 aromatic carbocycles. The molecular formula is C19H23N3O3. The third kappa shape index (κ3) is 4.97. The number of esters is 1. The van der Waals surface area contributed by atoms with Gasteiger partial charge in [0.2, 0.25) is 0 Å².